The van der Waals surface area contributed by atoms with E-state index in [0.717, 1.165) is 19.5 Å². The number of carbonyl (C=O) groups excluding carboxylic acids is 1. The van der Waals surface area contributed by atoms with Crippen LogP contribution in [0, 0.1) is 0 Å². The summed E-state index contributed by atoms with van der Waals surface area (Å²) in [5.41, 5.74) is 0. The molecular formula is C12H27N3O. The number of amides is 1. The Hall–Kier alpha value is -0.610. The average Bonchev–Trinajstić information content (AvgIpc) is 2.20. The molecule has 4 heteroatoms. The number of carbonyl (C=O) groups is 1. The van der Waals surface area contributed by atoms with Crippen molar-refractivity contribution < 1.29 is 4.79 Å². The molecule has 0 aliphatic carbocycles. The van der Waals surface area contributed by atoms with Crippen LogP contribution in [0.5, 0.6) is 0 Å². The smallest absolute Gasteiger partial charge is 0.220 e. The Morgan fingerprint density at radius 1 is 1.25 bits per heavy atom. The van der Waals surface area contributed by atoms with Crippen molar-refractivity contribution in [1.29, 1.82) is 0 Å². The van der Waals surface area contributed by atoms with Crippen molar-refractivity contribution in [2.45, 2.75) is 45.7 Å². The fourth-order valence-electron chi connectivity index (χ4n) is 1.17. The van der Waals surface area contributed by atoms with Crippen LogP contribution in [-0.2, 0) is 4.79 Å². The standard InChI is InChI=1S/C12H27N3O/c1-10(2)13-8-6-7-12(16)14-9-11(3)15(4)5/h10-11,13H,6-9H2,1-5H3,(H,14,16). The van der Waals surface area contributed by atoms with Gasteiger partial charge < -0.3 is 15.5 Å². The number of rotatable bonds is 8. The fourth-order valence-corrected chi connectivity index (χ4v) is 1.17. The molecular weight excluding hydrogens is 202 g/mol. The Labute approximate surface area is 99.8 Å². The lowest BCUT2D eigenvalue weighted by atomic mass is 10.2. The van der Waals surface area contributed by atoms with Crippen LogP contribution in [0.2, 0.25) is 0 Å². The summed E-state index contributed by atoms with van der Waals surface area (Å²) in [6.45, 7) is 7.95. The highest BCUT2D eigenvalue weighted by Gasteiger charge is 2.06. The molecule has 4 nitrogen and oxygen atoms in total. The molecule has 0 saturated carbocycles. The fraction of sp³-hybridized carbons (Fsp3) is 0.917. The molecule has 0 fully saturated rings. The molecule has 0 spiro atoms. The summed E-state index contributed by atoms with van der Waals surface area (Å²) in [6, 6.07) is 0.884. The van der Waals surface area contributed by atoms with Gasteiger partial charge in [0.1, 0.15) is 0 Å². The Morgan fingerprint density at radius 3 is 2.38 bits per heavy atom. The molecule has 96 valence electrons. The highest BCUT2D eigenvalue weighted by Crippen LogP contribution is 1.91. The Kier molecular flexibility index (Phi) is 8.21. The molecule has 0 saturated heterocycles. The minimum absolute atomic E-state index is 0.152. The summed E-state index contributed by atoms with van der Waals surface area (Å²) in [6.07, 6.45) is 1.51. The molecule has 2 N–H and O–H groups in total. The van der Waals surface area contributed by atoms with Crippen LogP contribution in [0.1, 0.15) is 33.6 Å². The van der Waals surface area contributed by atoms with Crippen molar-refractivity contribution in [2.75, 3.05) is 27.2 Å². The van der Waals surface area contributed by atoms with Gasteiger partial charge in [-0.1, -0.05) is 13.8 Å². The molecule has 0 aromatic rings. The zero-order valence-corrected chi connectivity index (χ0v) is 11.3. The van der Waals surface area contributed by atoms with Gasteiger partial charge in [0, 0.05) is 25.0 Å². The summed E-state index contributed by atoms with van der Waals surface area (Å²) in [7, 11) is 4.03. The molecule has 0 rings (SSSR count). The molecule has 0 radical (unpaired) electrons. The number of likely N-dealkylation sites (N-methyl/N-ethyl adjacent to an activating group) is 1. The second-order valence-electron chi connectivity index (χ2n) is 4.83. The summed E-state index contributed by atoms with van der Waals surface area (Å²) in [5, 5.41) is 6.24. The first-order valence-corrected chi connectivity index (χ1v) is 6.10. The van der Waals surface area contributed by atoms with Crippen LogP contribution in [0.4, 0.5) is 0 Å². The van der Waals surface area contributed by atoms with Crippen LogP contribution >= 0.6 is 0 Å². The normalized spacial score (nSPS) is 13.2. The van der Waals surface area contributed by atoms with Gasteiger partial charge in [-0.25, -0.2) is 0 Å². The van der Waals surface area contributed by atoms with E-state index in [4.69, 9.17) is 0 Å². The topological polar surface area (TPSA) is 44.4 Å². The van der Waals surface area contributed by atoms with E-state index >= 15 is 0 Å². The molecule has 0 aromatic heterocycles. The van der Waals surface area contributed by atoms with Gasteiger partial charge in [-0.15, -0.1) is 0 Å². The van der Waals surface area contributed by atoms with Crippen LogP contribution in [0.3, 0.4) is 0 Å². The van der Waals surface area contributed by atoms with E-state index in [-0.39, 0.29) is 5.91 Å². The first-order valence-electron chi connectivity index (χ1n) is 6.10. The van der Waals surface area contributed by atoms with Crippen LogP contribution in [0.15, 0.2) is 0 Å². The molecule has 0 aliphatic rings. The minimum Gasteiger partial charge on any atom is -0.355 e. The van der Waals surface area contributed by atoms with Crippen molar-refractivity contribution in [2.24, 2.45) is 0 Å². The Balaban J connectivity index is 3.45. The third kappa shape index (κ3) is 8.68. The van der Waals surface area contributed by atoms with Crippen LogP contribution < -0.4 is 10.6 Å². The van der Waals surface area contributed by atoms with Crippen molar-refractivity contribution >= 4 is 5.91 Å². The summed E-state index contributed by atoms with van der Waals surface area (Å²) < 4.78 is 0. The lowest BCUT2D eigenvalue weighted by Gasteiger charge is -2.19. The third-order valence-corrected chi connectivity index (χ3v) is 2.61. The first-order chi connectivity index (χ1) is 7.43. The molecule has 0 aromatic carbocycles. The summed E-state index contributed by atoms with van der Waals surface area (Å²) in [5.74, 6) is 0.152. The van der Waals surface area contributed by atoms with E-state index in [9.17, 15) is 4.79 Å². The molecule has 16 heavy (non-hydrogen) atoms. The highest BCUT2D eigenvalue weighted by atomic mass is 16.1. The van der Waals surface area contributed by atoms with E-state index in [1.54, 1.807) is 0 Å². The van der Waals surface area contributed by atoms with Crippen LogP contribution in [0.25, 0.3) is 0 Å². The molecule has 1 unspecified atom stereocenters. The van der Waals surface area contributed by atoms with Gasteiger partial charge in [-0.05, 0) is 34.0 Å². The van der Waals surface area contributed by atoms with Gasteiger partial charge >= 0.3 is 0 Å². The van der Waals surface area contributed by atoms with E-state index in [2.05, 4.69) is 36.3 Å². The zero-order valence-electron chi connectivity index (χ0n) is 11.3. The van der Waals surface area contributed by atoms with Gasteiger partial charge in [0.05, 0.1) is 0 Å². The first kappa shape index (κ1) is 15.4. The second-order valence-corrected chi connectivity index (χ2v) is 4.83. The predicted octanol–water partition coefficient (Wildman–Crippen LogP) is 0.831. The van der Waals surface area contributed by atoms with E-state index in [1.807, 2.05) is 14.1 Å². The molecule has 1 amide bonds. The third-order valence-electron chi connectivity index (χ3n) is 2.61. The van der Waals surface area contributed by atoms with E-state index in [1.165, 1.54) is 0 Å². The van der Waals surface area contributed by atoms with E-state index < -0.39 is 0 Å². The monoisotopic (exact) mass is 229 g/mol. The van der Waals surface area contributed by atoms with Gasteiger partial charge in [0.15, 0.2) is 0 Å². The number of nitrogens with zero attached hydrogens (tertiary/aromatic N) is 1. The molecule has 1 atom stereocenters. The zero-order chi connectivity index (χ0) is 12.6. The second kappa shape index (κ2) is 8.53. The van der Waals surface area contributed by atoms with Gasteiger partial charge in [0.2, 0.25) is 5.91 Å². The maximum atomic E-state index is 11.5. The predicted molar refractivity (Wildman–Crippen MR) is 68.5 cm³/mol. The van der Waals surface area contributed by atoms with Crippen molar-refractivity contribution in [3.05, 3.63) is 0 Å². The maximum Gasteiger partial charge on any atom is 0.220 e. The molecule has 0 bridgehead atoms. The van der Waals surface area contributed by atoms with Gasteiger partial charge in [0.25, 0.3) is 0 Å². The van der Waals surface area contributed by atoms with Gasteiger partial charge in [-0.2, -0.15) is 0 Å². The number of nitrogens with one attached hydrogen (secondary N) is 2. The van der Waals surface area contributed by atoms with E-state index in [0.29, 0.717) is 18.5 Å². The Bertz CT molecular complexity index is 193. The lowest BCUT2D eigenvalue weighted by molar-refractivity contribution is -0.121. The SMILES string of the molecule is CC(C)NCCCC(=O)NCC(C)N(C)C. The maximum absolute atomic E-state index is 11.5. The average molecular weight is 229 g/mol. The number of hydrogen-bond donors (Lipinski definition) is 2. The van der Waals surface area contributed by atoms with Crippen LogP contribution in [-0.4, -0.2) is 50.1 Å². The summed E-state index contributed by atoms with van der Waals surface area (Å²) >= 11 is 0. The van der Waals surface area contributed by atoms with Crippen molar-refractivity contribution in [3.63, 3.8) is 0 Å². The molecule has 0 heterocycles. The van der Waals surface area contributed by atoms with Crippen molar-refractivity contribution in [1.82, 2.24) is 15.5 Å². The van der Waals surface area contributed by atoms with Gasteiger partial charge in [-0.3, -0.25) is 4.79 Å². The Morgan fingerprint density at radius 2 is 1.88 bits per heavy atom. The highest BCUT2D eigenvalue weighted by molar-refractivity contribution is 5.75. The van der Waals surface area contributed by atoms with Crippen molar-refractivity contribution in [3.8, 4) is 0 Å². The number of hydrogen-bond acceptors (Lipinski definition) is 3. The lowest BCUT2D eigenvalue weighted by Crippen LogP contribution is -2.38. The minimum atomic E-state index is 0.152. The largest absolute Gasteiger partial charge is 0.355 e. The molecule has 0 aliphatic heterocycles. The quantitative estimate of drug-likeness (QED) is 0.606. The summed E-state index contributed by atoms with van der Waals surface area (Å²) in [4.78, 5) is 13.6.